The van der Waals surface area contributed by atoms with Gasteiger partial charge in [-0.05, 0) is 37.1 Å². The second-order valence-corrected chi connectivity index (χ2v) is 6.00. The first-order valence-electron chi connectivity index (χ1n) is 8.30. The van der Waals surface area contributed by atoms with E-state index in [1.54, 1.807) is 12.1 Å². The molecule has 2 aromatic carbocycles. The van der Waals surface area contributed by atoms with Crippen LogP contribution in [0.1, 0.15) is 24.5 Å². The normalized spacial score (nSPS) is 12.6. The Morgan fingerprint density at radius 1 is 1.12 bits per heavy atom. The minimum absolute atomic E-state index is 0.293. The molecule has 1 N–H and O–H groups in total. The van der Waals surface area contributed by atoms with Crippen molar-refractivity contribution in [3.8, 4) is 5.75 Å². The predicted octanol–water partition coefficient (Wildman–Crippen LogP) is 4.34. The van der Waals surface area contributed by atoms with Crippen molar-refractivity contribution in [2.45, 2.75) is 26.4 Å². The van der Waals surface area contributed by atoms with Gasteiger partial charge in [0.25, 0.3) is 0 Å². The van der Waals surface area contributed by atoms with E-state index < -0.39 is 12.1 Å². The van der Waals surface area contributed by atoms with Gasteiger partial charge in [-0.2, -0.15) is 0 Å². The SMILES string of the molecule is CC(=Cc1ccccc1)COCCC(Oc1ccc(C)cc1)C(=O)O. The Hall–Kier alpha value is -2.59. The Kier molecular flexibility index (Phi) is 7.23. The summed E-state index contributed by atoms with van der Waals surface area (Å²) < 4.78 is 11.1. The number of hydrogen-bond acceptors (Lipinski definition) is 3. The standard InChI is InChI=1S/C21H24O4/c1-16-8-10-19(11-9-16)25-20(21(22)23)12-13-24-15-17(2)14-18-6-4-3-5-7-18/h3-11,14,20H,12-13,15H2,1-2H3,(H,22,23). The number of carbonyl (C=O) groups is 1. The fourth-order valence-electron chi connectivity index (χ4n) is 2.31. The molecule has 25 heavy (non-hydrogen) atoms. The van der Waals surface area contributed by atoms with Gasteiger partial charge < -0.3 is 14.6 Å². The van der Waals surface area contributed by atoms with Crippen LogP contribution >= 0.6 is 0 Å². The highest BCUT2D eigenvalue weighted by molar-refractivity contribution is 5.72. The van der Waals surface area contributed by atoms with Gasteiger partial charge in [-0.3, -0.25) is 0 Å². The fraction of sp³-hybridized carbons (Fsp3) is 0.286. The van der Waals surface area contributed by atoms with Crippen molar-refractivity contribution in [3.05, 3.63) is 71.3 Å². The van der Waals surface area contributed by atoms with Gasteiger partial charge in [0.2, 0.25) is 0 Å². The summed E-state index contributed by atoms with van der Waals surface area (Å²) >= 11 is 0. The lowest BCUT2D eigenvalue weighted by molar-refractivity contribution is -0.145. The van der Waals surface area contributed by atoms with Gasteiger partial charge in [0.15, 0.2) is 6.10 Å². The third-order valence-electron chi connectivity index (χ3n) is 3.64. The summed E-state index contributed by atoms with van der Waals surface area (Å²) in [7, 11) is 0. The number of carboxylic acids is 1. The van der Waals surface area contributed by atoms with Gasteiger partial charge >= 0.3 is 5.97 Å². The summed E-state index contributed by atoms with van der Waals surface area (Å²) in [6.45, 7) is 4.75. The maximum atomic E-state index is 11.3. The van der Waals surface area contributed by atoms with Gasteiger partial charge in [0, 0.05) is 6.42 Å². The Bertz CT molecular complexity index is 690. The van der Waals surface area contributed by atoms with Crippen LogP contribution in [0.4, 0.5) is 0 Å². The van der Waals surface area contributed by atoms with Gasteiger partial charge in [0.05, 0.1) is 13.2 Å². The summed E-state index contributed by atoms with van der Waals surface area (Å²) in [6, 6.07) is 17.3. The van der Waals surface area contributed by atoms with Crippen LogP contribution < -0.4 is 4.74 Å². The van der Waals surface area contributed by atoms with E-state index in [1.807, 2.05) is 56.3 Å². The first-order chi connectivity index (χ1) is 12.0. The van der Waals surface area contributed by atoms with E-state index >= 15 is 0 Å². The molecule has 2 rings (SSSR count). The van der Waals surface area contributed by atoms with Crippen molar-refractivity contribution >= 4 is 12.0 Å². The zero-order chi connectivity index (χ0) is 18.1. The Balaban J connectivity index is 1.78. The van der Waals surface area contributed by atoms with Crippen LogP contribution in [-0.4, -0.2) is 30.4 Å². The molecule has 0 saturated heterocycles. The first-order valence-corrected chi connectivity index (χ1v) is 8.30. The van der Waals surface area contributed by atoms with Crippen molar-refractivity contribution in [3.63, 3.8) is 0 Å². The minimum Gasteiger partial charge on any atom is -0.479 e. The Morgan fingerprint density at radius 2 is 1.80 bits per heavy atom. The van der Waals surface area contributed by atoms with E-state index in [9.17, 15) is 9.90 Å². The van der Waals surface area contributed by atoms with Crippen molar-refractivity contribution in [1.82, 2.24) is 0 Å². The van der Waals surface area contributed by atoms with Crippen molar-refractivity contribution in [1.29, 1.82) is 0 Å². The van der Waals surface area contributed by atoms with E-state index in [4.69, 9.17) is 9.47 Å². The van der Waals surface area contributed by atoms with Gasteiger partial charge in [-0.25, -0.2) is 4.79 Å². The summed E-state index contributed by atoms with van der Waals surface area (Å²) in [5, 5.41) is 9.30. The molecule has 0 bridgehead atoms. The highest BCUT2D eigenvalue weighted by Gasteiger charge is 2.19. The number of ether oxygens (including phenoxy) is 2. The summed E-state index contributed by atoms with van der Waals surface area (Å²) in [5.41, 5.74) is 3.30. The number of aliphatic carboxylic acids is 1. The van der Waals surface area contributed by atoms with E-state index in [0.717, 1.165) is 16.7 Å². The fourth-order valence-corrected chi connectivity index (χ4v) is 2.31. The lowest BCUT2D eigenvalue weighted by atomic mass is 10.1. The zero-order valence-corrected chi connectivity index (χ0v) is 14.6. The lowest BCUT2D eigenvalue weighted by Crippen LogP contribution is -2.28. The second-order valence-electron chi connectivity index (χ2n) is 6.00. The Morgan fingerprint density at radius 3 is 2.44 bits per heavy atom. The lowest BCUT2D eigenvalue weighted by Gasteiger charge is -2.15. The quantitative estimate of drug-likeness (QED) is 0.690. The summed E-state index contributed by atoms with van der Waals surface area (Å²) in [4.78, 5) is 11.3. The summed E-state index contributed by atoms with van der Waals surface area (Å²) in [5.74, 6) is -0.432. The molecule has 0 aromatic heterocycles. The maximum absolute atomic E-state index is 11.3. The molecule has 0 aliphatic heterocycles. The van der Waals surface area contributed by atoms with Crippen LogP contribution in [0.5, 0.6) is 5.75 Å². The molecule has 4 heteroatoms. The smallest absolute Gasteiger partial charge is 0.344 e. The topological polar surface area (TPSA) is 55.8 Å². The number of aryl methyl sites for hydroxylation is 1. The highest BCUT2D eigenvalue weighted by Crippen LogP contribution is 2.15. The molecule has 0 aliphatic rings. The van der Waals surface area contributed by atoms with E-state index in [1.165, 1.54) is 0 Å². The molecule has 0 fully saturated rings. The molecule has 0 spiro atoms. The molecule has 0 amide bonds. The molecule has 1 unspecified atom stereocenters. The number of carboxylic acid groups (broad SMARTS) is 1. The largest absolute Gasteiger partial charge is 0.479 e. The molecule has 0 radical (unpaired) electrons. The molecule has 0 saturated carbocycles. The molecular formula is C21H24O4. The molecule has 0 heterocycles. The molecule has 132 valence electrons. The molecular weight excluding hydrogens is 316 g/mol. The second kappa shape index (κ2) is 9.64. The zero-order valence-electron chi connectivity index (χ0n) is 14.6. The van der Waals surface area contributed by atoms with Crippen molar-refractivity contribution in [2.24, 2.45) is 0 Å². The summed E-state index contributed by atoms with van der Waals surface area (Å²) in [6.07, 6.45) is 1.43. The minimum atomic E-state index is -0.985. The number of hydrogen-bond donors (Lipinski definition) is 1. The van der Waals surface area contributed by atoms with Crippen LogP contribution in [-0.2, 0) is 9.53 Å². The maximum Gasteiger partial charge on any atom is 0.344 e. The van der Waals surface area contributed by atoms with Crippen LogP contribution in [0.3, 0.4) is 0 Å². The average molecular weight is 340 g/mol. The monoisotopic (exact) mass is 340 g/mol. The van der Waals surface area contributed by atoms with Gasteiger partial charge in [-0.1, -0.05) is 54.1 Å². The third-order valence-corrected chi connectivity index (χ3v) is 3.64. The van der Waals surface area contributed by atoms with E-state index in [-0.39, 0.29) is 0 Å². The van der Waals surface area contributed by atoms with Crippen LogP contribution in [0.2, 0.25) is 0 Å². The van der Waals surface area contributed by atoms with Crippen molar-refractivity contribution < 1.29 is 19.4 Å². The molecule has 4 nitrogen and oxygen atoms in total. The van der Waals surface area contributed by atoms with E-state index in [2.05, 4.69) is 6.08 Å². The Labute approximate surface area is 148 Å². The average Bonchev–Trinajstić information content (AvgIpc) is 2.60. The predicted molar refractivity (Wildman–Crippen MR) is 98.8 cm³/mol. The van der Waals surface area contributed by atoms with Gasteiger partial charge in [0.1, 0.15) is 5.75 Å². The van der Waals surface area contributed by atoms with Crippen LogP contribution in [0.25, 0.3) is 6.08 Å². The van der Waals surface area contributed by atoms with E-state index in [0.29, 0.717) is 25.4 Å². The van der Waals surface area contributed by atoms with Crippen LogP contribution in [0.15, 0.2) is 60.2 Å². The van der Waals surface area contributed by atoms with Gasteiger partial charge in [-0.15, -0.1) is 0 Å². The number of benzene rings is 2. The van der Waals surface area contributed by atoms with Crippen molar-refractivity contribution in [2.75, 3.05) is 13.2 Å². The molecule has 1 atom stereocenters. The number of rotatable bonds is 9. The van der Waals surface area contributed by atoms with Crippen LogP contribution in [0, 0.1) is 6.92 Å². The molecule has 0 aliphatic carbocycles. The third kappa shape index (κ3) is 6.81. The first kappa shape index (κ1) is 18.7. The highest BCUT2D eigenvalue weighted by atomic mass is 16.5. The molecule has 2 aromatic rings.